The number of fused-ring (bicyclic) bond motifs is 1. The normalized spacial score (nSPS) is 17.4. The summed E-state index contributed by atoms with van der Waals surface area (Å²) in [7, 11) is 3.06. The fourth-order valence-electron chi connectivity index (χ4n) is 5.52. The van der Waals surface area contributed by atoms with E-state index in [0.29, 0.717) is 30.2 Å². The number of hydrogen-bond acceptors (Lipinski definition) is 5. The maximum atomic E-state index is 13.7. The second kappa shape index (κ2) is 11.1. The lowest BCUT2D eigenvalue weighted by Crippen LogP contribution is -2.38. The molecular formula is C31H32ClN3O4. The molecule has 1 aliphatic heterocycles. The lowest BCUT2D eigenvalue weighted by molar-refractivity contribution is -0.146. The first-order chi connectivity index (χ1) is 18.8. The minimum atomic E-state index is -0.461. The molecule has 8 heteroatoms. The predicted molar refractivity (Wildman–Crippen MR) is 153 cm³/mol. The van der Waals surface area contributed by atoms with Gasteiger partial charge >= 0.3 is 5.97 Å². The molecule has 1 aliphatic rings. The monoisotopic (exact) mass is 545 g/mol. The van der Waals surface area contributed by atoms with E-state index in [0.717, 1.165) is 44.5 Å². The van der Waals surface area contributed by atoms with Crippen molar-refractivity contribution in [2.24, 2.45) is 0 Å². The Morgan fingerprint density at radius 3 is 2.54 bits per heavy atom. The summed E-state index contributed by atoms with van der Waals surface area (Å²) in [5.74, 6) is 0.300. The first-order valence-electron chi connectivity index (χ1n) is 12.9. The van der Waals surface area contributed by atoms with Crippen LogP contribution < -0.4 is 10.1 Å². The van der Waals surface area contributed by atoms with Crippen molar-refractivity contribution in [3.8, 4) is 16.9 Å². The lowest BCUT2D eigenvalue weighted by atomic mass is 10.0. The van der Waals surface area contributed by atoms with Gasteiger partial charge in [0.2, 0.25) is 0 Å². The number of halogens is 1. The topological polar surface area (TPSA) is 83.7 Å². The standard InChI is InChI=1S/C31H32ClN3O4/c1-18-19(2)27(38-3)13-10-21(18)16-35-17-23(15-26(35)31(37)39-4)33-30(36)29-28(20-8-6-5-7-9-20)24-14-22(32)11-12-25(24)34-29/h5-14,23,26,34H,15-17H2,1-4H3,(H,33,36)/t23-,26+/m1/s1. The number of rotatable bonds is 7. The number of carbonyl (C=O) groups excluding carboxylic acids is 2. The van der Waals surface area contributed by atoms with Crippen LogP contribution in [0.3, 0.4) is 0 Å². The maximum Gasteiger partial charge on any atom is 0.323 e. The second-order valence-electron chi connectivity index (χ2n) is 9.98. The minimum Gasteiger partial charge on any atom is -0.496 e. The molecule has 1 fully saturated rings. The van der Waals surface area contributed by atoms with Gasteiger partial charge in [0.15, 0.2) is 0 Å². The van der Waals surface area contributed by atoms with Gasteiger partial charge in [-0.25, -0.2) is 0 Å². The number of amides is 1. The number of H-pyrrole nitrogens is 1. The van der Waals surface area contributed by atoms with Crippen LogP contribution in [-0.4, -0.2) is 54.6 Å². The molecular weight excluding hydrogens is 514 g/mol. The molecule has 0 aliphatic carbocycles. The van der Waals surface area contributed by atoms with Crippen molar-refractivity contribution in [3.63, 3.8) is 0 Å². The van der Waals surface area contributed by atoms with Gasteiger partial charge in [-0.15, -0.1) is 0 Å². The van der Waals surface area contributed by atoms with E-state index in [1.165, 1.54) is 7.11 Å². The number of nitrogens with one attached hydrogen (secondary N) is 2. The van der Waals surface area contributed by atoms with Gasteiger partial charge in [-0.3, -0.25) is 14.5 Å². The highest BCUT2D eigenvalue weighted by Gasteiger charge is 2.39. The summed E-state index contributed by atoms with van der Waals surface area (Å²) in [5.41, 5.74) is 6.31. The van der Waals surface area contributed by atoms with E-state index >= 15 is 0 Å². The van der Waals surface area contributed by atoms with Gasteiger partial charge in [-0.1, -0.05) is 48.0 Å². The molecule has 0 bridgehead atoms. The zero-order chi connectivity index (χ0) is 27.7. The van der Waals surface area contributed by atoms with Gasteiger partial charge in [-0.2, -0.15) is 0 Å². The Morgan fingerprint density at radius 1 is 1.05 bits per heavy atom. The fraction of sp³-hybridized carbons (Fsp3) is 0.290. The summed E-state index contributed by atoms with van der Waals surface area (Å²) < 4.78 is 10.6. The number of aromatic amines is 1. The van der Waals surface area contributed by atoms with Gasteiger partial charge in [0.25, 0.3) is 5.91 Å². The smallest absolute Gasteiger partial charge is 0.323 e. The van der Waals surface area contributed by atoms with Gasteiger partial charge in [0.1, 0.15) is 17.5 Å². The molecule has 1 amide bonds. The molecule has 202 valence electrons. The zero-order valence-electron chi connectivity index (χ0n) is 22.5. The lowest BCUT2D eigenvalue weighted by Gasteiger charge is -2.24. The molecule has 2 heterocycles. The van der Waals surface area contributed by atoms with Crippen molar-refractivity contribution in [3.05, 3.63) is 88.1 Å². The summed E-state index contributed by atoms with van der Waals surface area (Å²) in [4.78, 5) is 31.8. The second-order valence-corrected chi connectivity index (χ2v) is 10.4. The summed E-state index contributed by atoms with van der Waals surface area (Å²) >= 11 is 6.31. The largest absolute Gasteiger partial charge is 0.496 e. The van der Waals surface area contributed by atoms with Crippen LogP contribution >= 0.6 is 11.6 Å². The quantitative estimate of drug-likeness (QED) is 0.293. The molecule has 0 spiro atoms. The van der Waals surface area contributed by atoms with Crippen LogP contribution in [0.1, 0.15) is 33.6 Å². The van der Waals surface area contributed by atoms with E-state index in [4.69, 9.17) is 21.1 Å². The van der Waals surface area contributed by atoms with E-state index in [2.05, 4.69) is 22.1 Å². The molecule has 3 aromatic carbocycles. The third kappa shape index (κ3) is 5.24. The summed E-state index contributed by atoms with van der Waals surface area (Å²) in [5, 5.41) is 4.66. The van der Waals surface area contributed by atoms with E-state index in [1.807, 2.05) is 61.5 Å². The Morgan fingerprint density at radius 2 is 1.82 bits per heavy atom. The molecule has 2 atom stereocenters. The van der Waals surface area contributed by atoms with Crippen LogP contribution in [0.25, 0.3) is 22.0 Å². The molecule has 7 nitrogen and oxygen atoms in total. The third-order valence-corrected chi connectivity index (χ3v) is 7.94. The zero-order valence-corrected chi connectivity index (χ0v) is 23.3. The predicted octanol–water partition coefficient (Wildman–Crippen LogP) is 5.66. The molecule has 1 aromatic heterocycles. The molecule has 5 rings (SSSR count). The number of carbonyl (C=O) groups is 2. The number of esters is 1. The van der Waals surface area contributed by atoms with Crippen molar-refractivity contribution in [1.82, 2.24) is 15.2 Å². The number of ether oxygens (including phenoxy) is 2. The number of likely N-dealkylation sites (tertiary alicyclic amines) is 1. The van der Waals surface area contributed by atoms with Crippen molar-refractivity contribution in [1.29, 1.82) is 0 Å². The van der Waals surface area contributed by atoms with Crippen LogP contribution in [0, 0.1) is 13.8 Å². The van der Waals surface area contributed by atoms with Crippen molar-refractivity contribution in [2.75, 3.05) is 20.8 Å². The van der Waals surface area contributed by atoms with Gasteiger partial charge in [-0.05, 0) is 66.8 Å². The number of aromatic nitrogens is 1. The van der Waals surface area contributed by atoms with Crippen LogP contribution in [-0.2, 0) is 16.1 Å². The Bertz CT molecular complexity index is 1530. The van der Waals surface area contributed by atoms with Crippen LogP contribution in [0.15, 0.2) is 60.7 Å². The van der Waals surface area contributed by atoms with E-state index in [9.17, 15) is 9.59 Å². The molecule has 0 unspecified atom stereocenters. The van der Waals surface area contributed by atoms with Crippen molar-refractivity contribution in [2.45, 2.75) is 38.9 Å². The van der Waals surface area contributed by atoms with E-state index in [-0.39, 0.29) is 17.9 Å². The number of hydrogen-bond donors (Lipinski definition) is 2. The Labute approximate surface area is 233 Å². The first kappa shape index (κ1) is 26.8. The van der Waals surface area contributed by atoms with E-state index in [1.54, 1.807) is 13.2 Å². The van der Waals surface area contributed by atoms with E-state index < -0.39 is 6.04 Å². The van der Waals surface area contributed by atoms with Gasteiger partial charge in [0, 0.05) is 40.6 Å². The Kier molecular flexibility index (Phi) is 7.64. The highest BCUT2D eigenvalue weighted by Crippen LogP contribution is 2.34. The minimum absolute atomic E-state index is 0.229. The highest BCUT2D eigenvalue weighted by atomic mass is 35.5. The first-order valence-corrected chi connectivity index (χ1v) is 13.3. The average molecular weight is 546 g/mol. The van der Waals surface area contributed by atoms with Crippen molar-refractivity contribution < 1.29 is 19.1 Å². The fourth-order valence-corrected chi connectivity index (χ4v) is 5.70. The molecule has 4 aromatic rings. The number of methoxy groups -OCH3 is 2. The van der Waals surface area contributed by atoms with Gasteiger partial charge in [0.05, 0.1) is 14.2 Å². The summed E-state index contributed by atoms with van der Waals surface area (Å²) in [6.45, 7) is 5.16. The molecule has 0 radical (unpaired) electrons. The molecule has 1 saturated heterocycles. The Hall–Kier alpha value is -3.81. The summed E-state index contributed by atoms with van der Waals surface area (Å²) in [6.07, 6.45) is 0.458. The molecule has 2 N–H and O–H groups in total. The maximum absolute atomic E-state index is 13.7. The number of benzene rings is 3. The number of nitrogens with zero attached hydrogens (tertiary/aromatic N) is 1. The average Bonchev–Trinajstić information content (AvgIpc) is 3.52. The third-order valence-electron chi connectivity index (χ3n) is 7.71. The van der Waals surface area contributed by atoms with Crippen molar-refractivity contribution >= 4 is 34.4 Å². The SMILES string of the molecule is COC(=O)[C@@H]1C[C@@H](NC(=O)c2[nH]c3ccc(Cl)cc3c2-c2ccccc2)CN1Cc1ccc(OC)c(C)c1C. The highest BCUT2D eigenvalue weighted by molar-refractivity contribution is 6.31. The van der Waals surface area contributed by atoms with Crippen LogP contribution in [0.5, 0.6) is 5.75 Å². The summed E-state index contributed by atoms with van der Waals surface area (Å²) in [6, 6.07) is 18.6. The van der Waals surface area contributed by atoms with Crippen LogP contribution in [0.2, 0.25) is 5.02 Å². The molecule has 0 saturated carbocycles. The van der Waals surface area contributed by atoms with Gasteiger partial charge < -0.3 is 19.8 Å². The molecule has 39 heavy (non-hydrogen) atoms. The van der Waals surface area contributed by atoms with Crippen LogP contribution in [0.4, 0.5) is 0 Å². The Balaban J connectivity index is 1.42.